The number of amides is 1. The lowest BCUT2D eigenvalue weighted by Crippen LogP contribution is -2.39. The van der Waals surface area contributed by atoms with E-state index in [1.165, 1.54) is 12.8 Å². The van der Waals surface area contributed by atoms with Gasteiger partial charge in [0.05, 0.1) is 13.2 Å². The summed E-state index contributed by atoms with van der Waals surface area (Å²) in [6.07, 6.45) is 3.46. The number of hydrogen-bond acceptors (Lipinski definition) is 3. The summed E-state index contributed by atoms with van der Waals surface area (Å²) in [5.74, 6) is 0.812. The van der Waals surface area contributed by atoms with Gasteiger partial charge in [0.1, 0.15) is 0 Å². The van der Waals surface area contributed by atoms with Gasteiger partial charge in [-0.05, 0) is 19.3 Å². The monoisotopic (exact) mass is 244 g/mol. The van der Waals surface area contributed by atoms with E-state index in [0.717, 1.165) is 12.3 Å². The van der Waals surface area contributed by atoms with Crippen molar-refractivity contribution in [2.45, 2.75) is 46.1 Å². The van der Waals surface area contributed by atoms with Crippen LogP contribution < -0.4 is 10.6 Å². The lowest BCUT2D eigenvalue weighted by atomic mass is 10.0. The van der Waals surface area contributed by atoms with Crippen molar-refractivity contribution in [3.8, 4) is 0 Å². The van der Waals surface area contributed by atoms with Gasteiger partial charge in [-0.25, -0.2) is 0 Å². The standard InChI is InChI=1S/C13H28N2O2/c1-11(2)6-5-7-12(3)15-13(16)10-14-8-9-17-4/h11-12,14H,5-10H2,1-4H3,(H,15,16). The molecule has 0 aromatic rings. The maximum Gasteiger partial charge on any atom is 0.234 e. The van der Waals surface area contributed by atoms with Crippen molar-refractivity contribution in [1.29, 1.82) is 0 Å². The molecule has 0 heterocycles. The summed E-state index contributed by atoms with van der Waals surface area (Å²) in [6, 6.07) is 0.269. The van der Waals surface area contributed by atoms with Gasteiger partial charge in [0.15, 0.2) is 0 Å². The molecular weight excluding hydrogens is 216 g/mol. The van der Waals surface area contributed by atoms with Gasteiger partial charge in [0.2, 0.25) is 5.91 Å². The zero-order valence-electron chi connectivity index (χ0n) is 11.7. The highest BCUT2D eigenvalue weighted by molar-refractivity contribution is 5.78. The van der Waals surface area contributed by atoms with Crippen molar-refractivity contribution in [3.63, 3.8) is 0 Å². The predicted octanol–water partition coefficient (Wildman–Crippen LogP) is 1.55. The molecule has 0 radical (unpaired) electrons. The third-order valence-corrected chi connectivity index (χ3v) is 2.59. The maximum atomic E-state index is 11.5. The fourth-order valence-corrected chi connectivity index (χ4v) is 1.61. The highest BCUT2D eigenvalue weighted by Crippen LogP contribution is 2.07. The minimum Gasteiger partial charge on any atom is -0.383 e. The number of hydrogen-bond donors (Lipinski definition) is 2. The molecule has 0 rings (SSSR count). The van der Waals surface area contributed by atoms with Gasteiger partial charge in [-0.2, -0.15) is 0 Å². The van der Waals surface area contributed by atoms with Gasteiger partial charge in [-0.15, -0.1) is 0 Å². The Labute approximate surface area is 105 Å². The van der Waals surface area contributed by atoms with Crippen LogP contribution in [0, 0.1) is 5.92 Å². The van der Waals surface area contributed by atoms with Crippen molar-refractivity contribution in [3.05, 3.63) is 0 Å². The molecule has 0 aliphatic carbocycles. The third kappa shape index (κ3) is 11.6. The van der Waals surface area contributed by atoms with Crippen LogP contribution in [0.2, 0.25) is 0 Å². The van der Waals surface area contributed by atoms with Crippen LogP contribution in [0.15, 0.2) is 0 Å². The Morgan fingerprint density at radius 2 is 1.94 bits per heavy atom. The molecule has 1 amide bonds. The summed E-state index contributed by atoms with van der Waals surface area (Å²) >= 11 is 0. The predicted molar refractivity (Wildman–Crippen MR) is 71.0 cm³/mol. The quantitative estimate of drug-likeness (QED) is 0.573. The summed E-state index contributed by atoms with van der Waals surface area (Å²) in [5, 5.41) is 6.02. The molecule has 1 atom stereocenters. The Kier molecular flexibility index (Phi) is 10.2. The maximum absolute atomic E-state index is 11.5. The van der Waals surface area contributed by atoms with Crippen LogP contribution in [-0.2, 0) is 9.53 Å². The van der Waals surface area contributed by atoms with Gasteiger partial charge >= 0.3 is 0 Å². The Hall–Kier alpha value is -0.610. The molecule has 0 aliphatic rings. The van der Waals surface area contributed by atoms with Gasteiger partial charge < -0.3 is 15.4 Å². The summed E-state index contributed by atoms with van der Waals surface area (Å²) in [5.41, 5.74) is 0. The lowest BCUT2D eigenvalue weighted by molar-refractivity contribution is -0.120. The van der Waals surface area contributed by atoms with Crippen LogP contribution in [0.5, 0.6) is 0 Å². The van der Waals surface area contributed by atoms with E-state index in [-0.39, 0.29) is 11.9 Å². The van der Waals surface area contributed by atoms with Crippen LogP contribution in [0.25, 0.3) is 0 Å². The molecule has 0 bridgehead atoms. The van der Waals surface area contributed by atoms with E-state index in [1.807, 2.05) is 0 Å². The minimum atomic E-state index is 0.0677. The van der Waals surface area contributed by atoms with Crippen LogP contribution in [-0.4, -0.2) is 38.8 Å². The molecule has 4 nitrogen and oxygen atoms in total. The van der Waals surface area contributed by atoms with E-state index < -0.39 is 0 Å². The van der Waals surface area contributed by atoms with Crippen LogP contribution in [0.4, 0.5) is 0 Å². The average molecular weight is 244 g/mol. The zero-order valence-corrected chi connectivity index (χ0v) is 11.7. The highest BCUT2D eigenvalue weighted by atomic mass is 16.5. The molecule has 0 aromatic heterocycles. The SMILES string of the molecule is COCCNCC(=O)NC(C)CCCC(C)C. The molecule has 1 unspecified atom stereocenters. The summed E-state index contributed by atoms with van der Waals surface area (Å²) in [7, 11) is 1.65. The first-order valence-corrected chi connectivity index (χ1v) is 6.55. The van der Waals surface area contributed by atoms with E-state index in [4.69, 9.17) is 4.74 Å². The number of rotatable bonds is 10. The molecule has 0 saturated heterocycles. The lowest BCUT2D eigenvalue weighted by Gasteiger charge is -2.14. The molecule has 2 N–H and O–H groups in total. The van der Waals surface area contributed by atoms with Crippen LogP contribution >= 0.6 is 0 Å². The molecule has 0 fully saturated rings. The fourth-order valence-electron chi connectivity index (χ4n) is 1.61. The molecule has 0 saturated carbocycles. The van der Waals surface area contributed by atoms with E-state index >= 15 is 0 Å². The Bertz CT molecular complexity index is 196. The summed E-state index contributed by atoms with van der Waals surface area (Å²) in [4.78, 5) is 11.5. The second-order valence-corrected chi connectivity index (χ2v) is 4.96. The number of ether oxygens (including phenoxy) is 1. The van der Waals surface area contributed by atoms with Crippen LogP contribution in [0.3, 0.4) is 0 Å². The Morgan fingerprint density at radius 1 is 1.24 bits per heavy atom. The third-order valence-electron chi connectivity index (χ3n) is 2.59. The summed E-state index contributed by atoms with van der Waals surface area (Å²) < 4.78 is 4.89. The topological polar surface area (TPSA) is 50.4 Å². The molecule has 0 aromatic carbocycles. The second kappa shape index (κ2) is 10.5. The molecule has 17 heavy (non-hydrogen) atoms. The van der Waals surface area contributed by atoms with E-state index in [9.17, 15) is 4.79 Å². The second-order valence-electron chi connectivity index (χ2n) is 4.96. The smallest absolute Gasteiger partial charge is 0.234 e. The van der Waals surface area contributed by atoms with E-state index in [1.54, 1.807) is 7.11 Å². The van der Waals surface area contributed by atoms with E-state index in [2.05, 4.69) is 31.4 Å². The molecule has 102 valence electrons. The number of carbonyl (C=O) groups excluding carboxylic acids is 1. The highest BCUT2D eigenvalue weighted by Gasteiger charge is 2.06. The first-order valence-electron chi connectivity index (χ1n) is 6.55. The van der Waals surface area contributed by atoms with Crippen molar-refractivity contribution in [1.82, 2.24) is 10.6 Å². The number of methoxy groups -OCH3 is 1. The molecule has 0 aliphatic heterocycles. The number of nitrogens with one attached hydrogen (secondary N) is 2. The fraction of sp³-hybridized carbons (Fsp3) is 0.923. The average Bonchev–Trinajstić information content (AvgIpc) is 2.23. The molecule has 4 heteroatoms. The Balaban J connectivity index is 3.45. The van der Waals surface area contributed by atoms with Gasteiger partial charge in [-0.3, -0.25) is 4.79 Å². The van der Waals surface area contributed by atoms with Crippen molar-refractivity contribution in [2.24, 2.45) is 5.92 Å². The largest absolute Gasteiger partial charge is 0.383 e. The van der Waals surface area contributed by atoms with E-state index in [0.29, 0.717) is 19.7 Å². The molecular formula is C13H28N2O2. The number of carbonyl (C=O) groups is 1. The van der Waals surface area contributed by atoms with Crippen molar-refractivity contribution < 1.29 is 9.53 Å². The zero-order chi connectivity index (χ0) is 13.1. The van der Waals surface area contributed by atoms with Gasteiger partial charge in [0.25, 0.3) is 0 Å². The van der Waals surface area contributed by atoms with Crippen LogP contribution in [0.1, 0.15) is 40.0 Å². The normalized spacial score (nSPS) is 12.8. The minimum absolute atomic E-state index is 0.0677. The van der Waals surface area contributed by atoms with Crippen molar-refractivity contribution in [2.75, 3.05) is 26.8 Å². The van der Waals surface area contributed by atoms with Crippen molar-refractivity contribution >= 4 is 5.91 Å². The van der Waals surface area contributed by atoms with Gasteiger partial charge in [-0.1, -0.05) is 26.7 Å². The molecule has 0 spiro atoms. The first kappa shape index (κ1) is 16.4. The Morgan fingerprint density at radius 3 is 2.53 bits per heavy atom. The summed E-state index contributed by atoms with van der Waals surface area (Å²) in [6.45, 7) is 8.24. The van der Waals surface area contributed by atoms with Gasteiger partial charge in [0, 0.05) is 19.7 Å². The first-order chi connectivity index (χ1) is 8.06.